The van der Waals surface area contributed by atoms with Crippen LogP contribution in [0.1, 0.15) is 20.8 Å². The molecule has 2 rings (SSSR count). The van der Waals surface area contributed by atoms with E-state index in [9.17, 15) is 10.1 Å². The topological polar surface area (TPSA) is 92.2 Å². The lowest BCUT2D eigenvalue weighted by Crippen LogP contribution is -2.16. The van der Waals surface area contributed by atoms with Gasteiger partial charge in [0.1, 0.15) is 21.5 Å². The van der Waals surface area contributed by atoms with Gasteiger partial charge in [0.15, 0.2) is 0 Å². The number of nitrogen functional groups attached to an aromatic ring is 1. The Labute approximate surface area is 126 Å². The van der Waals surface area contributed by atoms with Crippen LogP contribution in [0, 0.1) is 11.3 Å². The lowest BCUT2D eigenvalue weighted by atomic mass is 10.2. The Balaban J connectivity index is 2.35. The molecule has 0 aromatic carbocycles. The first-order valence-electron chi connectivity index (χ1n) is 6.09. The van der Waals surface area contributed by atoms with E-state index in [1.165, 1.54) is 7.11 Å². The van der Waals surface area contributed by atoms with Crippen LogP contribution in [0.2, 0.25) is 0 Å². The minimum Gasteiger partial charge on any atom is -0.465 e. The van der Waals surface area contributed by atoms with Crippen LogP contribution >= 0.6 is 11.3 Å². The zero-order valence-electron chi connectivity index (χ0n) is 11.7. The summed E-state index contributed by atoms with van der Waals surface area (Å²) < 4.78 is 4.68. The van der Waals surface area contributed by atoms with E-state index in [2.05, 4.69) is 15.8 Å². The highest BCUT2D eigenvalue weighted by molar-refractivity contribution is 7.18. The smallest absolute Gasteiger partial charge is 0.350 e. The number of nitriles is 1. The highest BCUT2D eigenvalue weighted by atomic mass is 32.1. The minimum absolute atomic E-state index is 0.169. The maximum atomic E-state index is 11.7. The molecule has 0 atom stereocenters. The number of carbonyl (C=O) groups excluding carboxylic acids is 1. The summed E-state index contributed by atoms with van der Waals surface area (Å²) in [6, 6.07) is 5.83. The monoisotopic (exact) mass is 302 g/mol. The molecule has 0 saturated heterocycles. The second-order valence-electron chi connectivity index (χ2n) is 4.35. The summed E-state index contributed by atoms with van der Waals surface area (Å²) in [5.41, 5.74) is 7.33. The minimum atomic E-state index is -0.532. The summed E-state index contributed by atoms with van der Waals surface area (Å²) in [4.78, 5) is 17.8. The van der Waals surface area contributed by atoms with E-state index in [-0.39, 0.29) is 10.6 Å². The SMILES string of the molecule is COC(=O)c1sc(N(C)Cc2cccnc2)c(C#N)c1N. The van der Waals surface area contributed by atoms with Crippen LogP contribution in [0.25, 0.3) is 0 Å². The van der Waals surface area contributed by atoms with Crippen molar-refractivity contribution in [3.63, 3.8) is 0 Å². The molecule has 7 heteroatoms. The molecule has 0 aliphatic carbocycles. The van der Waals surface area contributed by atoms with E-state index in [0.717, 1.165) is 16.9 Å². The van der Waals surface area contributed by atoms with Crippen molar-refractivity contribution in [2.45, 2.75) is 6.54 Å². The molecular formula is C14H14N4O2S. The number of pyridine rings is 1. The second-order valence-corrected chi connectivity index (χ2v) is 5.34. The van der Waals surface area contributed by atoms with Crippen LogP contribution in [-0.4, -0.2) is 25.1 Å². The van der Waals surface area contributed by atoms with Crippen molar-refractivity contribution < 1.29 is 9.53 Å². The van der Waals surface area contributed by atoms with E-state index in [1.807, 2.05) is 24.1 Å². The first-order chi connectivity index (χ1) is 10.1. The quantitative estimate of drug-likeness (QED) is 0.869. The van der Waals surface area contributed by atoms with Crippen molar-refractivity contribution >= 4 is 28.0 Å². The van der Waals surface area contributed by atoms with Gasteiger partial charge >= 0.3 is 5.97 Å². The second kappa shape index (κ2) is 6.24. The number of hydrogen-bond acceptors (Lipinski definition) is 7. The van der Waals surface area contributed by atoms with Crippen LogP contribution in [-0.2, 0) is 11.3 Å². The molecule has 6 nitrogen and oxygen atoms in total. The largest absolute Gasteiger partial charge is 0.465 e. The number of anilines is 2. The maximum Gasteiger partial charge on any atom is 0.350 e. The average molecular weight is 302 g/mol. The molecule has 2 heterocycles. The summed E-state index contributed by atoms with van der Waals surface area (Å²) in [6.07, 6.45) is 3.45. The molecule has 0 radical (unpaired) electrons. The van der Waals surface area contributed by atoms with Gasteiger partial charge in [-0.05, 0) is 11.6 Å². The molecule has 0 amide bonds. The van der Waals surface area contributed by atoms with Gasteiger partial charge in [-0.1, -0.05) is 6.07 Å². The van der Waals surface area contributed by atoms with Crippen LogP contribution in [0.15, 0.2) is 24.5 Å². The van der Waals surface area contributed by atoms with Gasteiger partial charge in [0.05, 0.1) is 12.8 Å². The van der Waals surface area contributed by atoms with Gasteiger partial charge < -0.3 is 15.4 Å². The number of hydrogen-bond donors (Lipinski definition) is 1. The van der Waals surface area contributed by atoms with Crippen molar-refractivity contribution in [3.05, 3.63) is 40.5 Å². The first kappa shape index (κ1) is 14.8. The van der Waals surface area contributed by atoms with Crippen LogP contribution in [0.4, 0.5) is 10.7 Å². The fourth-order valence-electron chi connectivity index (χ4n) is 1.89. The molecule has 2 aromatic heterocycles. The van der Waals surface area contributed by atoms with E-state index < -0.39 is 5.97 Å². The van der Waals surface area contributed by atoms with E-state index in [1.54, 1.807) is 12.4 Å². The predicted molar refractivity (Wildman–Crippen MR) is 81.1 cm³/mol. The summed E-state index contributed by atoms with van der Waals surface area (Å²) >= 11 is 1.15. The van der Waals surface area contributed by atoms with Gasteiger partial charge in [-0.3, -0.25) is 4.98 Å². The summed E-state index contributed by atoms with van der Waals surface area (Å²) in [7, 11) is 3.12. The Morgan fingerprint density at radius 3 is 2.95 bits per heavy atom. The Kier molecular flexibility index (Phi) is 4.40. The first-order valence-corrected chi connectivity index (χ1v) is 6.90. The van der Waals surface area contributed by atoms with Gasteiger partial charge in [-0.25, -0.2) is 4.79 Å². The molecule has 0 saturated carbocycles. The normalized spacial score (nSPS) is 9.95. The number of thiophene rings is 1. The molecule has 0 fully saturated rings. The van der Waals surface area contributed by atoms with E-state index >= 15 is 0 Å². The Morgan fingerprint density at radius 2 is 2.38 bits per heavy atom. The number of carbonyl (C=O) groups is 1. The molecule has 0 spiro atoms. The van der Waals surface area contributed by atoms with E-state index in [0.29, 0.717) is 17.1 Å². The van der Waals surface area contributed by atoms with Crippen molar-refractivity contribution in [2.75, 3.05) is 24.8 Å². The summed E-state index contributed by atoms with van der Waals surface area (Å²) in [5.74, 6) is -0.532. The molecule has 0 bridgehead atoms. The van der Waals surface area contributed by atoms with E-state index in [4.69, 9.17) is 5.73 Å². The fraction of sp³-hybridized carbons (Fsp3) is 0.214. The van der Waals surface area contributed by atoms with Gasteiger partial charge in [0, 0.05) is 26.0 Å². The fourth-order valence-corrected chi connectivity index (χ4v) is 2.94. The molecule has 2 N–H and O–H groups in total. The highest BCUT2D eigenvalue weighted by Crippen LogP contribution is 2.38. The van der Waals surface area contributed by atoms with Gasteiger partial charge in [0.2, 0.25) is 0 Å². The van der Waals surface area contributed by atoms with Crippen LogP contribution in [0.3, 0.4) is 0 Å². The summed E-state index contributed by atoms with van der Waals surface area (Å²) in [6.45, 7) is 0.559. The Morgan fingerprint density at radius 1 is 1.62 bits per heavy atom. The third-order valence-electron chi connectivity index (χ3n) is 2.90. The number of nitrogens with two attached hydrogens (primary N) is 1. The Hall–Kier alpha value is -2.59. The molecule has 2 aromatic rings. The molecule has 21 heavy (non-hydrogen) atoms. The number of esters is 1. The van der Waals surface area contributed by atoms with Gasteiger partial charge in [-0.2, -0.15) is 5.26 Å². The molecule has 0 aliphatic heterocycles. The number of nitrogens with zero attached hydrogens (tertiary/aromatic N) is 3. The zero-order chi connectivity index (χ0) is 15.4. The van der Waals surface area contributed by atoms with Crippen molar-refractivity contribution in [2.24, 2.45) is 0 Å². The lowest BCUT2D eigenvalue weighted by Gasteiger charge is -2.17. The molecular weight excluding hydrogens is 288 g/mol. The highest BCUT2D eigenvalue weighted by Gasteiger charge is 2.23. The molecule has 108 valence electrons. The number of methoxy groups -OCH3 is 1. The number of aromatic nitrogens is 1. The third-order valence-corrected chi connectivity index (χ3v) is 4.20. The number of ether oxygens (including phenoxy) is 1. The van der Waals surface area contributed by atoms with Crippen LogP contribution < -0.4 is 10.6 Å². The molecule has 0 aliphatic rings. The lowest BCUT2D eigenvalue weighted by molar-refractivity contribution is 0.0607. The number of rotatable bonds is 4. The average Bonchev–Trinajstić information content (AvgIpc) is 2.84. The predicted octanol–water partition coefficient (Wildman–Crippen LogP) is 2.02. The maximum absolute atomic E-state index is 11.7. The molecule has 0 unspecified atom stereocenters. The van der Waals surface area contributed by atoms with Gasteiger partial charge in [-0.15, -0.1) is 11.3 Å². The van der Waals surface area contributed by atoms with Crippen molar-refractivity contribution in [1.29, 1.82) is 5.26 Å². The Bertz CT molecular complexity index is 691. The summed E-state index contributed by atoms with van der Waals surface area (Å²) in [5, 5.41) is 9.91. The van der Waals surface area contributed by atoms with Crippen molar-refractivity contribution in [3.8, 4) is 6.07 Å². The van der Waals surface area contributed by atoms with Gasteiger partial charge in [0.25, 0.3) is 0 Å². The van der Waals surface area contributed by atoms with Crippen LogP contribution in [0.5, 0.6) is 0 Å². The standard InChI is InChI=1S/C14H14N4O2S/c1-18(8-9-4-3-5-17-7-9)13-10(6-15)11(16)12(21-13)14(19)20-2/h3-5,7H,8,16H2,1-2H3. The van der Waals surface area contributed by atoms with Crippen molar-refractivity contribution in [1.82, 2.24) is 4.98 Å². The zero-order valence-corrected chi connectivity index (χ0v) is 12.5. The third kappa shape index (κ3) is 2.95.